The first-order chi connectivity index (χ1) is 16.6. The third kappa shape index (κ3) is 4.14. The van der Waals surface area contributed by atoms with E-state index in [0.29, 0.717) is 22.7 Å². The number of anilines is 1. The van der Waals surface area contributed by atoms with Gasteiger partial charge in [0.05, 0.1) is 23.0 Å². The van der Waals surface area contributed by atoms with Crippen molar-refractivity contribution < 1.29 is 14.3 Å². The number of hydrogen-bond acceptors (Lipinski definition) is 7. The Balaban J connectivity index is 1.57. The number of nitrogens with one attached hydrogen (secondary N) is 2. The first kappa shape index (κ1) is 23.3. The van der Waals surface area contributed by atoms with Crippen LogP contribution < -0.4 is 15.4 Å². The van der Waals surface area contributed by atoms with Crippen molar-refractivity contribution in [3.05, 3.63) is 58.2 Å². The molecule has 2 aromatic heterocycles. The van der Waals surface area contributed by atoms with Crippen LogP contribution in [0.15, 0.2) is 46.9 Å². The van der Waals surface area contributed by atoms with Gasteiger partial charge in [-0.15, -0.1) is 0 Å². The average molecular weight is 492 g/mol. The summed E-state index contributed by atoms with van der Waals surface area (Å²) in [5.41, 5.74) is 5.15. The Morgan fingerprint density at radius 3 is 2.74 bits per heavy atom. The second-order valence-electron chi connectivity index (χ2n) is 10.1. The van der Waals surface area contributed by atoms with Gasteiger partial charge < -0.3 is 10.1 Å². The number of carbonyl (C=O) groups is 2. The lowest BCUT2D eigenvalue weighted by molar-refractivity contribution is -0.118. The number of amides is 1. The van der Waals surface area contributed by atoms with E-state index in [1.165, 1.54) is 11.3 Å². The average Bonchev–Trinajstić information content (AvgIpc) is 3.31. The first-order valence-electron chi connectivity index (χ1n) is 11.6. The number of aryl methyl sites for hydroxylation is 2. The highest BCUT2D eigenvalue weighted by molar-refractivity contribution is 7.22. The molecule has 0 fully saturated rings. The van der Waals surface area contributed by atoms with Crippen LogP contribution in [0.3, 0.4) is 0 Å². The molecule has 0 radical (unpaired) electrons. The summed E-state index contributed by atoms with van der Waals surface area (Å²) in [4.78, 5) is 31.8. The van der Waals surface area contributed by atoms with E-state index in [-0.39, 0.29) is 17.1 Å². The van der Waals surface area contributed by atoms with Crippen LogP contribution in [0, 0.1) is 12.3 Å². The first-order valence-corrected chi connectivity index (χ1v) is 12.4. The lowest BCUT2D eigenvalue weighted by Crippen LogP contribution is -2.39. The van der Waals surface area contributed by atoms with Crippen LogP contribution in [0.1, 0.15) is 50.8 Å². The van der Waals surface area contributed by atoms with Crippen LogP contribution in [0.25, 0.3) is 10.2 Å². The van der Waals surface area contributed by atoms with E-state index < -0.39 is 5.92 Å². The Hall–Kier alpha value is -3.46. The van der Waals surface area contributed by atoms with Gasteiger partial charge >= 0.3 is 0 Å². The number of allylic oxidation sites excluding steroid dienone is 3. The Morgan fingerprint density at radius 1 is 1.29 bits per heavy atom. The van der Waals surface area contributed by atoms with Crippen molar-refractivity contribution in [2.24, 2.45) is 12.5 Å². The highest BCUT2D eigenvalue weighted by Gasteiger charge is 2.43. The summed E-state index contributed by atoms with van der Waals surface area (Å²) in [7, 11) is 3.47. The van der Waals surface area contributed by atoms with Crippen LogP contribution in [0.4, 0.5) is 5.13 Å². The largest absolute Gasteiger partial charge is 0.497 e. The van der Waals surface area contributed by atoms with Crippen molar-refractivity contribution in [2.75, 3.05) is 12.4 Å². The zero-order chi connectivity index (χ0) is 25.1. The van der Waals surface area contributed by atoms with Gasteiger partial charge in [-0.2, -0.15) is 5.10 Å². The minimum Gasteiger partial charge on any atom is -0.497 e. The molecule has 35 heavy (non-hydrogen) atoms. The topological polar surface area (TPSA) is 98.1 Å². The van der Waals surface area contributed by atoms with Gasteiger partial charge in [0.1, 0.15) is 5.75 Å². The number of nitrogens with zero attached hydrogens (tertiary/aromatic N) is 3. The number of ketones is 1. The highest BCUT2D eigenvalue weighted by Crippen LogP contribution is 2.47. The van der Waals surface area contributed by atoms with E-state index in [1.807, 2.05) is 45.3 Å². The molecule has 182 valence electrons. The number of rotatable bonds is 4. The number of methoxy groups -OCH3 is 1. The number of thiazole rings is 1. The molecule has 2 aliphatic rings. The summed E-state index contributed by atoms with van der Waals surface area (Å²) >= 11 is 1.39. The molecule has 1 amide bonds. The fourth-order valence-corrected chi connectivity index (χ4v) is 6.09. The van der Waals surface area contributed by atoms with Crippen molar-refractivity contribution in [2.45, 2.75) is 46.5 Å². The second kappa shape index (κ2) is 8.34. The minimum atomic E-state index is -0.488. The molecular weight excluding hydrogens is 462 g/mol. The summed E-state index contributed by atoms with van der Waals surface area (Å²) in [6.07, 6.45) is 3.10. The third-order valence-corrected chi connectivity index (χ3v) is 7.60. The fraction of sp³-hybridized carbons (Fsp3) is 0.385. The number of Topliss-reactive ketones (excluding diaryl/α,β-unsaturated/α-hetero) is 1. The zero-order valence-corrected chi connectivity index (χ0v) is 21.6. The number of aromatic nitrogens is 3. The molecule has 0 saturated heterocycles. The monoisotopic (exact) mass is 491 g/mol. The van der Waals surface area contributed by atoms with Gasteiger partial charge in [0.2, 0.25) is 0 Å². The molecule has 3 heterocycles. The van der Waals surface area contributed by atoms with Crippen molar-refractivity contribution in [3.8, 4) is 5.75 Å². The maximum Gasteiger partial charge on any atom is 0.256 e. The molecule has 1 aliphatic heterocycles. The van der Waals surface area contributed by atoms with Crippen molar-refractivity contribution in [3.63, 3.8) is 0 Å². The van der Waals surface area contributed by atoms with E-state index in [9.17, 15) is 9.59 Å². The molecule has 9 heteroatoms. The number of carbonyl (C=O) groups excluding carboxylic acids is 2. The Labute approximate surface area is 208 Å². The predicted octanol–water partition coefficient (Wildman–Crippen LogP) is 4.59. The van der Waals surface area contributed by atoms with E-state index in [4.69, 9.17) is 4.74 Å². The smallest absolute Gasteiger partial charge is 0.256 e. The van der Waals surface area contributed by atoms with E-state index in [1.54, 1.807) is 11.8 Å². The quantitative estimate of drug-likeness (QED) is 0.554. The number of benzene rings is 1. The van der Waals surface area contributed by atoms with Gasteiger partial charge in [-0.1, -0.05) is 25.2 Å². The molecule has 0 saturated carbocycles. The highest BCUT2D eigenvalue weighted by atomic mass is 32.1. The number of hydrogen-bond donors (Lipinski definition) is 2. The molecule has 0 unspecified atom stereocenters. The third-order valence-electron chi connectivity index (χ3n) is 6.66. The number of dihydropyridines is 1. The summed E-state index contributed by atoms with van der Waals surface area (Å²) in [6, 6.07) is 5.61. The van der Waals surface area contributed by atoms with Crippen molar-refractivity contribution >= 4 is 38.4 Å². The van der Waals surface area contributed by atoms with Crippen LogP contribution in [-0.2, 0) is 16.6 Å². The SMILES string of the molecule is COc1ccc2nc(NC(=O)C3=C(C)NC4=C(C(=O)CC(C)(C)C4)[C@H]3c3cn(C)nc3C)sc2c1. The molecule has 0 bridgehead atoms. The molecular formula is C26H29N5O3S. The summed E-state index contributed by atoms with van der Waals surface area (Å²) < 4.78 is 7.95. The Bertz CT molecular complexity index is 1440. The molecule has 1 atom stereocenters. The lowest BCUT2D eigenvalue weighted by Gasteiger charge is -2.39. The molecule has 1 aromatic carbocycles. The molecule has 1 aliphatic carbocycles. The van der Waals surface area contributed by atoms with Gasteiger partial charge in [0, 0.05) is 53.7 Å². The van der Waals surface area contributed by atoms with Crippen molar-refractivity contribution in [1.82, 2.24) is 20.1 Å². The van der Waals surface area contributed by atoms with Gasteiger partial charge in [0.25, 0.3) is 5.91 Å². The van der Waals surface area contributed by atoms with E-state index >= 15 is 0 Å². The number of fused-ring (bicyclic) bond motifs is 1. The van der Waals surface area contributed by atoms with Gasteiger partial charge in [-0.25, -0.2) is 4.98 Å². The van der Waals surface area contributed by atoms with Gasteiger partial charge in [-0.3, -0.25) is 19.6 Å². The molecule has 5 rings (SSSR count). The number of ether oxygens (including phenoxy) is 1. The molecule has 0 spiro atoms. The standard InChI is InChI=1S/C26H29N5O3S/c1-13-16(12-31(5)30-13)22-21(14(2)27-18-10-26(3,4)11-19(32)23(18)22)24(33)29-25-28-17-8-7-15(34-6)9-20(17)35-25/h7-9,12,22,27H,10-11H2,1-6H3,(H,28,29,33)/t22-/m0/s1. The lowest BCUT2D eigenvalue weighted by atomic mass is 9.68. The van der Waals surface area contributed by atoms with E-state index in [0.717, 1.165) is 45.0 Å². The fourth-order valence-electron chi connectivity index (χ4n) is 5.20. The minimum absolute atomic E-state index is 0.0712. The Morgan fingerprint density at radius 2 is 2.06 bits per heavy atom. The molecule has 2 N–H and O–H groups in total. The van der Waals surface area contributed by atoms with Crippen LogP contribution >= 0.6 is 11.3 Å². The van der Waals surface area contributed by atoms with Gasteiger partial charge in [0.15, 0.2) is 10.9 Å². The Kier molecular flexibility index (Phi) is 5.55. The van der Waals surface area contributed by atoms with Crippen LogP contribution in [-0.4, -0.2) is 33.6 Å². The summed E-state index contributed by atoms with van der Waals surface area (Å²) in [5.74, 6) is 0.0396. The predicted molar refractivity (Wildman–Crippen MR) is 136 cm³/mol. The maximum absolute atomic E-state index is 13.8. The molecule has 3 aromatic rings. The zero-order valence-electron chi connectivity index (χ0n) is 20.8. The maximum atomic E-state index is 13.8. The molecule has 8 nitrogen and oxygen atoms in total. The second-order valence-corrected chi connectivity index (χ2v) is 11.1. The normalized spacial score (nSPS) is 19.6. The van der Waals surface area contributed by atoms with E-state index in [2.05, 4.69) is 34.6 Å². The van der Waals surface area contributed by atoms with Gasteiger partial charge in [-0.05, 0) is 43.9 Å². The summed E-state index contributed by atoms with van der Waals surface area (Å²) in [5, 5.41) is 11.4. The van der Waals surface area contributed by atoms with Crippen molar-refractivity contribution in [1.29, 1.82) is 0 Å². The summed E-state index contributed by atoms with van der Waals surface area (Å²) in [6.45, 7) is 8.02. The van der Waals surface area contributed by atoms with Crippen LogP contribution in [0.2, 0.25) is 0 Å². The van der Waals surface area contributed by atoms with Crippen LogP contribution in [0.5, 0.6) is 5.75 Å².